The van der Waals surface area contributed by atoms with Gasteiger partial charge in [0.1, 0.15) is 0 Å². The largest absolute Gasteiger partial charge is 0.310 e. The van der Waals surface area contributed by atoms with E-state index in [-0.39, 0.29) is 0 Å². The Kier molecular flexibility index (Phi) is 8.90. The molecule has 12 aromatic carbocycles. The molecule has 0 N–H and O–H groups in total. The quantitative estimate of drug-likeness (QED) is 0.155. The highest BCUT2D eigenvalue weighted by molar-refractivity contribution is 6.09. The fourth-order valence-electron chi connectivity index (χ4n) is 9.93. The van der Waals surface area contributed by atoms with Crippen LogP contribution in [0.4, 0.5) is 17.1 Å². The Labute approximate surface area is 367 Å². The second-order valence-corrected chi connectivity index (χ2v) is 16.4. The van der Waals surface area contributed by atoms with E-state index in [4.69, 9.17) is 0 Å². The topological polar surface area (TPSA) is 3.24 Å². The van der Waals surface area contributed by atoms with E-state index in [9.17, 15) is 0 Å². The lowest BCUT2D eigenvalue weighted by Gasteiger charge is -2.29. The van der Waals surface area contributed by atoms with Crippen molar-refractivity contribution in [1.82, 2.24) is 0 Å². The summed E-state index contributed by atoms with van der Waals surface area (Å²) in [6, 6.07) is 91.4. The molecule has 0 spiro atoms. The molecule has 0 atom stereocenters. The number of hydrogen-bond donors (Lipinski definition) is 0. The Morgan fingerprint density at radius 3 is 0.857 bits per heavy atom. The van der Waals surface area contributed by atoms with Gasteiger partial charge in [0.15, 0.2) is 0 Å². The summed E-state index contributed by atoms with van der Waals surface area (Å²) in [7, 11) is 0. The minimum Gasteiger partial charge on any atom is -0.310 e. The van der Waals surface area contributed by atoms with E-state index >= 15 is 0 Å². The highest BCUT2D eigenvalue weighted by Crippen LogP contribution is 2.48. The molecule has 0 saturated heterocycles. The normalized spacial score (nSPS) is 11.5. The molecule has 1 nitrogen and oxygen atoms in total. The third-order valence-corrected chi connectivity index (χ3v) is 12.8. The van der Waals surface area contributed by atoms with Crippen LogP contribution in [-0.2, 0) is 0 Å². The zero-order valence-corrected chi connectivity index (χ0v) is 34.6. The third kappa shape index (κ3) is 6.33. The van der Waals surface area contributed by atoms with E-state index in [0.717, 1.165) is 17.1 Å². The summed E-state index contributed by atoms with van der Waals surface area (Å²) in [6.07, 6.45) is 0. The van der Waals surface area contributed by atoms with Crippen molar-refractivity contribution < 1.29 is 0 Å². The molecule has 0 fully saturated rings. The van der Waals surface area contributed by atoms with Gasteiger partial charge in [0, 0.05) is 16.8 Å². The van der Waals surface area contributed by atoms with Gasteiger partial charge < -0.3 is 4.90 Å². The summed E-state index contributed by atoms with van der Waals surface area (Å²) in [5.74, 6) is 0. The van der Waals surface area contributed by atoms with Gasteiger partial charge in [0.25, 0.3) is 0 Å². The van der Waals surface area contributed by atoms with Crippen molar-refractivity contribution in [2.75, 3.05) is 4.90 Å². The summed E-state index contributed by atoms with van der Waals surface area (Å²) in [5.41, 5.74) is 12.9. The minimum atomic E-state index is 1.08. The van der Waals surface area contributed by atoms with Gasteiger partial charge in [-0.15, -0.1) is 0 Å². The maximum atomic E-state index is 2.48. The predicted octanol–water partition coefficient (Wildman–Crippen LogP) is 17.6. The maximum absolute atomic E-state index is 2.48. The van der Waals surface area contributed by atoms with Gasteiger partial charge in [-0.25, -0.2) is 0 Å². The molecule has 0 aromatic heterocycles. The Balaban J connectivity index is 1.16. The van der Waals surface area contributed by atoms with Crippen LogP contribution in [0.2, 0.25) is 0 Å². The van der Waals surface area contributed by atoms with Crippen molar-refractivity contribution in [3.05, 3.63) is 249 Å². The van der Waals surface area contributed by atoms with Crippen LogP contribution < -0.4 is 4.90 Å². The average molecular weight is 800 g/mol. The first kappa shape index (κ1) is 36.6. The van der Waals surface area contributed by atoms with Crippen molar-refractivity contribution in [3.63, 3.8) is 0 Å². The van der Waals surface area contributed by atoms with Crippen molar-refractivity contribution in [3.8, 4) is 44.5 Å². The van der Waals surface area contributed by atoms with E-state index < -0.39 is 0 Å². The standard InChI is InChI=1S/C62H41N/c1-6-26-49-42(16-1)21-11-31-54(49)58-38-36-47(40-60(58)56-33-13-23-44-18-3-8-28-51(44)56)63(62-35-15-25-46-20-5-10-30-53(46)62)48-37-39-59(55-32-12-22-43-17-2-7-27-50(43)55)61(41-48)57-34-14-24-45-19-4-9-29-52(45)57/h1-41H. The molecule has 0 aliphatic rings. The van der Waals surface area contributed by atoms with E-state index in [1.54, 1.807) is 0 Å². The van der Waals surface area contributed by atoms with E-state index in [1.807, 2.05) is 0 Å². The van der Waals surface area contributed by atoms with Crippen LogP contribution in [0.5, 0.6) is 0 Å². The lowest BCUT2D eigenvalue weighted by molar-refractivity contribution is 1.30. The van der Waals surface area contributed by atoms with Crippen LogP contribution in [-0.4, -0.2) is 0 Å². The van der Waals surface area contributed by atoms with Crippen molar-refractivity contribution in [1.29, 1.82) is 0 Å². The molecule has 0 bridgehead atoms. The lowest BCUT2D eigenvalue weighted by Crippen LogP contribution is -2.11. The number of rotatable bonds is 7. The molecule has 12 aromatic rings. The zero-order valence-electron chi connectivity index (χ0n) is 34.6. The smallest absolute Gasteiger partial charge is 0.0540 e. The molecular formula is C62H41N. The first-order valence-corrected chi connectivity index (χ1v) is 21.8. The molecule has 1 heteroatoms. The summed E-state index contributed by atoms with van der Waals surface area (Å²) in [4.78, 5) is 2.48. The summed E-state index contributed by atoms with van der Waals surface area (Å²) < 4.78 is 0. The summed E-state index contributed by atoms with van der Waals surface area (Å²) >= 11 is 0. The number of benzene rings is 12. The first-order valence-electron chi connectivity index (χ1n) is 21.8. The van der Waals surface area contributed by atoms with Gasteiger partial charge in [-0.05, 0) is 123 Å². The van der Waals surface area contributed by atoms with Gasteiger partial charge in [0.05, 0.1) is 5.69 Å². The highest BCUT2D eigenvalue weighted by Gasteiger charge is 2.22. The van der Waals surface area contributed by atoms with Crippen molar-refractivity contribution in [2.45, 2.75) is 0 Å². The molecule has 294 valence electrons. The molecule has 0 unspecified atom stereocenters. The van der Waals surface area contributed by atoms with Crippen LogP contribution in [0, 0.1) is 0 Å². The lowest BCUT2D eigenvalue weighted by atomic mass is 9.88. The third-order valence-electron chi connectivity index (χ3n) is 12.8. The Morgan fingerprint density at radius 2 is 0.476 bits per heavy atom. The Morgan fingerprint density at radius 1 is 0.190 bits per heavy atom. The molecule has 0 aliphatic carbocycles. The molecular weight excluding hydrogens is 759 g/mol. The SMILES string of the molecule is c1ccc2c(-c3ccc(N(c4ccc(-c5cccc6ccccc56)c(-c5cccc6ccccc56)c4)c4cccc5ccccc45)cc3-c3cccc4ccccc34)cccc2c1. The molecule has 0 saturated carbocycles. The highest BCUT2D eigenvalue weighted by atomic mass is 15.1. The van der Waals surface area contributed by atoms with Crippen molar-refractivity contribution >= 4 is 70.9 Å². The van der Waals surface area contributed by atoms with Crippen LogP contribution in [0.3, 0.4) is 0 Å². The molecule has 12 rings (SSSR count). The zero-order chi connectivity index (χ0) is 41.7. The van der Waals surface area contributed by atoms with E-state index in [1.165, 1.54) is 98.4 Å². The van der Waals surface area contributed by atoms with Crippen LogP contribution in [0.1, 0.15) is 0 Å². The van der Waals surface area contributed by atoms with E-state index in [0.29, 0.717) is 0 Å². The van der Waals surface area contributed by atoms with Crippen molar-refractivity contribution in [2.24, 2.45) is 0 Å². The maximum Gasteiger partial charge on any atom is 0.0540 e. The second-order valence-electron chi connectivity index (χ2n) is 16.4. The van der Waals surface area contributed by atoms with E-state index in [2.05, 4.69) is 254 Å². The monoisotopic (exact) mass is 799 g/mol. The molecule has 0 aliphatic heterocycles. The number of anilines is 3. The molecule has 0 heterocycles. The summed E-state index contributed by atoms with van der Waals surface area (Å²) in [5, 5.41) is 12.2. The summed E-state index contributed by atoms with van der Waals surface area (Å²) in [6.45, 7) is 0. The molecule has 0 amide bonds. The van der Waals surface area contributed by atoms with Crippen LogP contribution in [0.15, 0.2) is 249 Å². The van der Waals surface area contributed by atoms with Crippen LogP contribution in [0.25, 0.3) is 98.4 Å². The second kappa shape index (κ2) is 15.3. The number of fused-ring (bicyclic) bond motifs is 5. The van der Waals surface area contributed by atoms with Gasteiger partial charge >= 0.3 is 0 Å². The fraction of sp³-hybridized carbons (Fsp3) is 0. The Hall–Kier alpha value is -8.26. The van der Waals surface area contributed by atoms with Gasteiger partial charge in [-0.3, -0.25) is 0 Å². The van der Waals surface area contributed by atoms with Gasteiger partial charge in [0.2, 0.25) is 0 Å². The van der Waals surface area contributed by atoms with Gasteiger partial charge in [-0.2, -0.15) is 0 Å². The minimum absolute atomic E-state index is 1.08. The molecule has 63 heavy (non-hydrogen) atoms. The predicted molar refractivity (Wildman–Crippen MR) is 270 cm³/mol. The first-order chi connectivity index (χ1) is 31.3. The number of hydrogen-bond acceptors (Lipinski definition) is 1. The number of nitrogens with zero attached hydrogens (tertiary/aromatic N) is 1. The van der Waals surface area contributed by atoms with Crippen LogP contribution >= 0.6 is 0 Å². The fourth-order valence-corrected chi connectivity index (χ4v) is 9.93. The average Bonchev–Trinajstić information content (AvgIpc) is 3.36. The Bertz CT molecular complexity index is 3480. The van der Waals surface area contributed by atoms with Gasteiger partial charge in [-0.1, -0.05) is 218 Å². The molecule has 0 radical (unpaired) electrons.